The lowest BCUT2D eigenvalue weighted by molar-refractivity contribution is -0.119. The Bertz CT molecular complexity index is 1020. The summed E-state index contributed by atoms with van der Waals surface area (Å²) < 4.78 is 5.20. The van der Waals surface area contributed by atoms with Crippen molar-refractivity contribution < 1.29 is 14.3 Å². The van der Waals surface area contributed by atoms with Gasteiger partial charge in [-0.1, -0.05) is 54.9 Å². The number of para-hydroxylation sites is 2. The van der Waals surface area contributed by atoms with Crippen molar-refractivity contribution in [3.05, 3.63) is 70.4 Å². The minimum Gasteiger partial charge on any atom is -0.452 e. The summed E-state index contributed by atoms with van der Waals surface area (Å²) in [5, 5.41) is 3.65. The van der Waals surface area contributed by atoms with Crippen molar-refractivity contribution in [1.29, 1.82) is 0 Å². The number of hydrogen-bond donors (Lipinski definition) is 1. The van der Waals surface area contributed by atoms with Gasteiger partial charge in [0.25, 0.3) is 5.91 Å². The number of pyridine rings is 1. The molecule has 3 aromatic rings. The zero-order chi connectivity index (χ0) is 19.4. The van der Waals surface area contributed by atoms with Crippen LogP contribution >= 0.6 is 11.6 Å². The average Bonchev–Trinajstić information content (AvgIpc) is 2.67. The summed E-state index contributed by atoms with van der Waals surface area (Å²) in [6.07, 6.45) is 0.790. The molecule has 0 aliphatic rings. The molecule has 0 spiro atoms. The Morgan fingerprint density at radius 2 is 1.93 bits per heavy atom. The highest BCUT2D eigenvalue weighted by Crippen LogP contribution is 2.22. The standard InChI is InChI=1S/C21H19ClN2O3/c1-3-14-8-6-7-13(2)20(14)24-19(25)12-27-21(26)16-11-18(22)23-17-10-5-4-9-15(16)17/h4-11H,3,12H2,1-2H3,(H,24,25). The average molecular weight is 383 g/mol. The van der Waals surface area contributed by atoms with Crippen LogP contribution in [0.3, 0.4) is 0 Å². The maximum absolute atomic E-state index is 12.5. The van der Waals surface area contributed by atoms with Gasteiger partial charge in [0, 0.05) is 11.1 Å². The first-order chi connectivity index (χ1) is 13.0. The van der Waals surface area contributed by atoms with Gasteiger partial charge in [0.2, 0.25) is 0 Å². The van der Waals surface area contributed by atoms with Crippen molar-refractivity contribution in [3.63, 3.8) is 0 Å². The van der Waals surface area contributed by atoms with E-state index in [9.17, 15) is 9.59 Å². The molecule has 0 atom stereocenters. The summed E-state index contributed by atoms with van der Waals surface area (Å²) in [6.45, 7) is 3.55. The van der Waals surface area contributed by atoms with Gasteiger partial charge in [0.15, 0.2) is 6.61 Å². The molecule has 1 N–H and O–H groups in total. The number of nitrogens with zero attached hydrogens (tertiary/aromatic N) is 1. The Hall–Kier alpha value is -2.92. The van der Waals surface area contributed by atoms with Crippen LogP contribution in [-0.4, -0.2) is 23.5 Å². The number of aromatic nitrogens is 1. The van der Waals surface area contributed by atoms with Gasteiger partial charge in [-0.2, -0.15) is 0 Å². The lowest BCUT2D eigenvalue weighted by Crippen LogP contribution is -2.22. The van der Waals surface area contributed by atoms with Crippen molar-refractivity contribution in [2.75, 3.05) is 11.9 Å². The smallest absolute Gasteiger partial charge is 0.339 e. The second-order valence-corrected chi connectivity index (χ2v) is 6.48. The Kier molecular flexibility index (Phi) is 5.72. The quantitative estimate of drug-likeness (QED) is 0.519. The number of esters is 1. The molecule has 1 amide bonds. The number of anilines is 1. The van der Waals surface area contributed by atoms with Crippen molar-refractivity contribution in [2.24, 2.45) is 0 Å². The second kappa shape index (κ2) is 8.18. The highest BCUT2D eigenvalue weighted by Gasteiger charge is 2.16. The molecule has 0 fully saturated rings. The SMILES string of the molecule is CCc1cccc(C)c1NC(=O)COC(=O)c1cc(Cl)nc2ccccc12. The van der Waals surface area contributed by atoms with E-state index in [0.717, 1.165) is 23.2 Å². The van der Waals surface area contributed by atoms with Crippen LogP contribution in [0.15, 0.2) is 48.5 Å². The summed E-state index contributed by atoms with van der Waals surface area (Å²) in [5.41, 5.74) is 3.62. The second-order valence-electron chi connectivity index (χ2n) is 6.10. The predicted octanol–water partition coefficient (Wildman–Crippen LogP) is 4.55. The molecule has 0 aliphatic heterocycles. The van der Waals surface area contributed by atoms with E-state index in [2.05, 4.69) is 10.3 Å². The molecule has 0 saturated carbocycles. The molecule has 0 unspecified atom stereocenters. The maximum Gasteiger partial charge on any atom is 0.339 e. The van der Waals surface area contributed by atoms with E-state index in [1.165, 1.54) is 6.07 Å². The first-order valence-corrected chi connectivity index (χ1v) is 8.98. The molecule has 0 radical (unpaired) electrons. The van der Waals surface area contributed by atoms with Gasteiger partial charge in [-0.25, -0.2) is 9.78 Å². The van der Waals surface area contributed by atoms with Crippen LogP contribution in [0.2, 0.25) is 5.15 Å². The Balaban J connectivity index is 1.72. The number of halogens is 1. The molecule has 6 heteroatoms. The molecule has 27 heavy (non-hydrogen) atoms. The highest BCUT2D eigenvalue weighted by molar-refractivity contribution is 6.30. The van der Waals surface area contributed by atoms with Gasteiger partial charge < -0.3 is 10.1 Å². The van der Waals surface area contributed by atoms with E-state index in [4.69, 9.17) is 16.3 Å². The predicted molar refractivity (Wildman–Crippen MR) is 106 cm³/mol. The molecular weight excluding hydrogens is 364 g/mol. The molecule has 1 aromatic heterocycles. The number of fused-ring (bicyclic) bond motifs is 1. The lowest BCUT2D eigenvalue weighted by Gasteiger charge is -2.13. The van der Waals surface area contributed by atoms with Crippen LogP contribution in [0.1, 0.15) is 28.4 Å². The first-order valence-electron chi connectivity index (χ1n) is 8.60. The third kappa shape index (κ3) is 4.26. The molecule has 2 aromatic carbocycles. The van der Waals surface area contributed by atoms with Crippen molar-refractivity contribution in [2.45, 2.75) is 20.3 Å². The number of rotatable bonds is 5. The Morgan fingerprint density at radius 1 is 1.15 bits per heavy atom. The number of hydrogen-bond acceptors (Lipinski definition) is 4. The molecule has 3 rings (SSSR count). The first kappa shape index (κ1) is 18.9. The van der Waals surface area contributed by atoms with Crippen LogP contribution < -0.4 is 5.32 Å². The van der Waals surface area contributed by atoms with Crippen molar-refractivity contribution >= 4 is 40.1 Å². The summed E-state index contributed by atoms with van der Waals surface area (Å²) in [7, 11) is 0. The molecule has 0 saturated heterocycles. The van der Waals surface area contributed by atoms with Gasteiger partial charge in [0.1, 0.15) is 5.15 Å². The van der Waals surface area contributed by atoms with Gasteiger partial charge in [-0.15, -0.1) is 0 Å². The van der Waals surface area contributed by atoms with E-state index in [0.29, 0.717) is 10.9 Å². The third-order valence-electron chi connectivity index (χ3n) is 4.24. The highest BCUT2D eigenvalue weighted by atomic mass is 35.5. The van der Waals surface area contributed by atoms with Gasteiger partial charge in [-0.3, -0.25) is 4.79 Å². The number of carbonyl (C=O) groups is 2. The number of aryl methyl sites for hydroxylation is 2. The third-order valence-corrected chi connectivity index (χ3v) is 4.44. The minimum absolute atomic E-state index is 0.192. The zero-order valence-electron chi connectivity index (χ0n) is 15.1. The van der Waals surface area contributed by atoms with Gasteiger partial charge >= 0.3 is 5.97 Å². The summed E-state index contributed by atoms with van der Waals surface area (Å²) in [4.78, 5) is 28.9. The number of carbonyl (C=O) groups excluding carboxylic acids is 2. The lowest BCUT2D eigenvalue weighted by atomic mass is 10.1. The number of ether oxygens (including phenoxy) is 1. The van der Waals surface area contributed by atoms with E-state index in [-0.39, 0.29) is 17.3 Å². The van der Waals surface area contributed by atoms with Crippen molar-refractivity contribution in [3.8, 4) is 0 Å². The molecule has 5 nitrogen and oxygen atoms in total. The monoisotopic (exact) mass is 382 g/mol. The number of nitrogens with one attached hydrogen (secondary N) is 1. The van der Waals surface area contributed by atoms with Crippen LogP contribution in [0, 0.1) is 6.92 Å². The summed E-state index contributed by atoms with van der Waals surface area (Å²) in [6, 6.07) is 14.4. The summed E-state index contributed by atoms with van der Waals surface area (Å²) in [5.74, 6) is -1.01. The minimum atomic E-state index is -0.619. The van der Waals surface area contributed by atoms with Crippen LogP contribution in [-0.2, 0) is 16.0 Å². The summed E-state index contributed by atoms with van der Waals surface area (Å²) >= 11 is 5.99. The fourth-order valence-electron chi connectivity index (χ4n) is 2.90. The zero-order valence-corrected chi connectivity index (χ0v) is 15.8. The van der Waals surface area contributed by atoms with Crippen LogP contribution in [0.25, 0.3) is 10.9 Å². The van der Waals surface area contributed by atoms with Crippen LogP contribution in [0.5, 0.6) is 0 Å². The van der Waals surface area contributed by atoms with E-state index >= 15 is 0 Å². The number of amides is 1. The molecule has 138 valence electrons. The van der Waals surface area contributed by atoms with Gasteiger partial charge in [0.05, 0.1) is 11.1 Å². The van der Waals surface area contributed by atoms with Gasteiger partial charge in [-0.05, 0) is 36.6 Å². The maximum atomic E-state index is 12.5. The van der Waals surface area contributed by atoms with Crippen molar-refractivity contribution in [1.82, 2.24) is 4.98 Å². The molecular formula is C21H19ClN2O3. The van der Waals surface area contributed by atoms with E-state index < -0.39 is 11.9 Å². The van der Waals surface area contributed by atoms with E-state index in [1.54, 1.807) is 18.2 Å². The van der Waals surface area contributed by atoms with Crippen LogP contribution in [0.4, 0.5) is 5.69 Å². The fraction of sp³-hybridized carbons (Fsp3) is 0.190. The Labute approximate surface area is 162 Å². The normalized spacial score (nSPS) is 10.6. The Morgan fingerprint density at radius 3 is 2.70 bits per heavy atom. The molecule has 0 aliphatic carbocycles. The topological polar surface area (TPSA) is 68.3 Å². The molecule has 0 bridgehead atoms. The number of benzene rings is 2. The fourth-order valence-corrected chi connectivity index (χ4v) is 3.10. The van der Waals surface area contributed by atoms with E-state index in [1.807, 2.05) is 38.1 Å². The molecule has 1 heterocycles. The largest absolute Gasteiger partial charge is 0.452 e.